The summed E-state index contributed by atoms with van der Waals surface area (Å²) in [5, 5.41) is 10.2. The molecule has 0 aliphatic heterocycles. The zero-order valence-corrected chi connectivity index (χ0v) is 15.6. The molecule has 6 heteroatoms. The Morgan fingerprint density at radius 3 is 2.43 bits per heavy atom. The predicted molar refractivity (Wildman–Crippen MR) is 108 cm³/mol. The van der Waals surface area contributed by atoms with Crippen LogP contribution in [0.3, 0.4) is 0 Å². The summed E-state index contributed by atoms with van der Waals surface area (Å²) < 4.78 is 3.67. The van der Waals surface area contributed by atoms with Crippen LogP contribution in [-0.4, -0.2) is 29.4 Å². The molecule has 0 N–H and O–H groups in total. The van der Waals surface area contributed by atoms with E-state index in [9.17, 15) is 0 Å². The Labute approximate surface area is 162 Å². The number of fused-ring (bicyclic) bond motifs is 3. The number of hydrogen-bond acceptors (Lipinski definition) is 4. The van der Waals surface area contributed by atoms with Gasteiger partial charge >= 0.3 is 0 Å². The highest BCUT2D eigenvalue weighted by atomic mass is 15.3. The van der Waals surface area contributed by atoms with Gasteiger partial charge in [-0.25, -0.2) is 19.2 Å². The SMILES string of the molecule is CC[C@@H](c1ccccc1)c1nc2c3cnn(Cc4ccccc4)c3ncn2n1. The Morgan fingerprint density at radius 2 is 1.68 bits per heavy atom. The van der Waals surface area contributed by atoms with E-state index in [-0.39, 0.29) is 5.92 Å². The Morgan fingerprint density at radius 1 is 0.929 bits per heavy atom. The minimum atomic E-state index is 0.163. The summed E-state index contributed by atoms with van der Waals surface area (Å²) in [5.41, 5.74) is 4.04. The molecule has 28 heavy (non-hydrogen) atoms. The Bertz CT molecular complexity index is 1220. The van der Waals surface area contributed by atoms with Gasteiger partial charge in [0.2, 0.25) is 0 Å². The van der Waals surface area contributed by atoms with Crippen LogP contribution in [-0.2, 0) is 6.54 Å². The Hall–Kier alpha value is -3.54. The molecule has 2 aromatic carbocycles. The maximum absolute atomic E-state index is 4.87. The molecule has 0 saturated carbocycles. The molecule has 3 heterocycles. The van der Waals surface area contributed by atoms with Gasteiger partial charge in [-0.15, -0.1) is 5.10 Å². The Kier molecular flexibility index (Phi) is 4.09. The zero-order chi connectivity index (χ0) is 18.9. The fourth-order valence-electron chi connectivity index (χ4n) is 3.66. The van der Waals surface area contributed by atoms with Crippen LogP contribution in [0.4, 0.5) is 0 Å². The molecule has 5 aromatic rings. The largest absolute Gasteiger partial charge is 0.243 e. The van der Waals surface area contributed by atoms with Gasteiger partial charge in [-0.1, -0.05) is 67.6 Å². The van der Waals surface area contributed by atoms with Crippen LogP contribution in [0.15, 0.2) is 73.2 Å². The second-order valence-corrected chi connectivity index (χ2v) is 6.88. The van der Waals surface area contributed by atoms with E-state index in [4.69, 9.17) is 10.1 Å². The van der Waals surface area contributed by atoms with Gasteiger partial charge in [0, 0.05) is 5.92 Å². The van der Waals surface area contributed by atoms with E-state index in [2.05, 4.69) is 53.4 Å². The normalized spacial score (nSPS) is 12.6. The average molecular weight is 368 g/mol. The van der Waals surface area contributed by atoms with Crippen molar-refractivity contribution in [2.24, 2.45) is 0 Å². The molecule has 6 nitrogen and oxygen atoms in total. The van der Waals surface area contributed by atoms with Crippen molar-refractivity contribution in [1.82, 2.24) is 29.4 Å². The second-order valence-electron chi connectivity index (χ2n) is 6.88. The Balaban J connectivity index is 1.57. The van der Waals surface area contributed by atoms with Crippen molar-refractivity contribution in [2.75, 3.05) is 0 Å². The number of benzene rings is 2. The number of hydrogen-bond donors (Lipinski definition) is 0. The third kappa shape index (κ3) is 2.83. The number of aromatic nitrogens is 6. The van der Waals surface area contributed by atoms with Gasteiger partial charge in [-0.05, 0) is 17.5 Å². The first-order chi connectivity index (χ1) is 13.8. The molecule has 138 valence electrons. The average Bonchev–Trinajstić information content (AvgIpc) is 3.34. The smallest absolute Gasteiger partial charge is 0.170 e. The van der Waals surface area contributed by atoms with E-state index in [0.717, 1.165) is 28.9 Å². The van der Waals surface area contributed by atoms with Crippen LogP contribution in [0.2, 0.25) is 0 Å². The summed E-state index contributed by atoms with van der Waals surface area (Å²) in [5.74, 6) is 0.981. The van der Waals surface area contributed by atoms with Gasteiger partial charge in [0.05, 0.1) is 18.1 Å². The molecular weight excluding hydrogens is 348 g/mol. The third-order valence-corrected chi connectivity index (χ3v) is 5.09. The lowest BCUT2D eigenvalue weighted by Crippen LogP contribution is -2.03. The quantitative estimate of drug-likeness (QED) is 0.469. The van der Waals surface area contributed by atoms with E-state index in [1.165, 1.54) is 11.1 Å². The molecule has 0 radical (unpaired) electrons. The van der Waals surface area contributed by atoms with Crippen LogP contribution in [0.1, 0.15) is 36.2 Å². The van der Waals surface area contributed by atoms with E-state index in [1.54, 1.807) is 10.8 Å². The van der Waals surface area contributed by atoms with Gasteiger partial charge in [0.25, 0.3) is 0 Å². The molecule has 0 bridgehead atoms. The summed E-state index contributed by atoms with van der Waals surface area (Å²) >= 11 is 0. The van der Waals surface area contributed by atoms with Crippen LogP contribution in [0, 0.1) is 0 Å². The van der Waals surface area contributed by atoms with Crippen LogP contribution in [0.5, 0.6) is 0 Å². The predicted octanol–water partition coefficient (Wildman–Crippen LogP) is 4.06. The van der Waals surface area contributed by atoms with Gasteiger partial charge in [-0.2, -0.15) is 5.10 Å². The minimum absolute atomic E-state index is 0.163. The molecule has 1 atom stereocenters. The summed E-state index contributed by atoms with van der Waals surface area (Å²) in [6.45, 7) is 2.84. The first-order valence-electron chi connectivity index (χ1n) is 9.49. The first kappa shape index (κ1) is 16.6. The minimum Gasteiger partial charge on any atom is -0.243 e. The highest BCUT2D eigenvalue weighted by Gasteiger charge is 2.19. The molecule has 0 amide bonds. The molecule has 5 rings (SSSR count). The number of rotatable bonds is 5. The van der Waals surface area contributed by atoms with Crippen LogP contribution >= 0.6 is 0 Å². The molecule has 3 aromatic heterocycles. The van der Waals surface area contributed by atoms with Gasteiger partial charge < -0.3 is 0 Å². The van der Waals surface area contributed by atoms with Crippen molar-refractivity contribution in [1.29, 1.82) is 0 Å². The molecular formula is C22H20N6. The zero-order valence-electron chi connectivity index (χ0n) is 15.6. The molecule has 0 unspecified atom stereocenters. The topological polar surface area (TPSA) is 60.9 Å². The highest BCUT2D eigenvalue weighted by Crippen LogP contribution is 2.27. The first-order valence-corrected chi connectivity index (χ1v) is 9.49. The van der Waals surface area contributed by atoms with E-state index < -0.39 is 0 Å². The van der Waals surface area contributed by atoms with E-state index >= 15 is 0 Å². The van der Waals surface area contributed by atoms with E-state index in [0.29, 0.717) is 6.54 Å². The van der Waals surface area contributed by atoms with Crippen molar-refractivity contribution < 1.29 is 0 Å². The van der Waals surface area contributed by atoms with Crippen molar-refractivity contribution in [3.8, 4) is 0 Å². The summed E-state index contributed by atoms with van der Waals surface area (Å²) in [6.07, 6.45) is 4.50. The third-order valence-electron chi connectivity index (χ3n) is 5.09. The molecule has 0 saturated heterocycles. The van der Waals surface area contributed by atoms with Crippen LogP contribution in [0.25, 0.3) is 16.7 Å². The van der Waals surface area contributed by atoms with E-state index in [1.807, 2.05) is 35.1 Å². The maximum Gasteiger partial charge on any atom is 0.170 e. The van der Waals surface area contributed by atoms with Gasteiger partial charge in [0.1, 0.15) is 6.33 Å². The van der Waals surface area contributed by atoms with Crippen molar-refractivity contribution >= 4 is 16.7 Å². The van der Waals surface area contributed by atoms with Crippen molar-refractivity contribution in [2.45, 2.75) is 25.8 Å². The maximum atomic E-state index is 4.87. The summed E-state index contributed by atoms with van der Waals surface area (Å²) in [6, 6.07) is 20.7. The summed E-state index contributed by atoms with van der Waals surface area (Å²) in [4.78, 5) is 9.46. The van der Waals surface area contributed by atoms with Gasteiger partial charge in [0.15, 0.2) is 17.1 Å². The molecule has 0 fully saturated rings. The van der Waals surface area contributed by atoms with Crippen LogP contribution < -0.4 is 0 Å². The lowest BCUT2D eigenvalue weighted by atomic mass is 9.96. The molecule has 0 spiro atoms. The van der Waals surface area contributed by atoms with Gasteiger partial charge in [-0.3, -0.25) is 0 Å². The highest BCUT2D eigenvalue weighted by molar-refractivity contribution is 5.88. The lowest BCUT2D eigenvalue weighted by Gasteiger charge is -2.10. The van der Waals surface area contributed by atoms with Crippen molar-refractivity contribution in [3.05, 3.63) is 90.1 Å². The fourth-order valence-corrected chi connectivity index (χ4v) is 3.66. The monoisotopic (exact) mass is 368 g/mol. The number of nitrogens with zero attached hydrogens (tertiary/aromatic N) is 6. The van der Waals surface area contributed by atoms with Crippen molar-refractivity contribution in [3.63, 3.8) is 0 Å². The second kappa shape index (κ2) is 6.88. The fraction of sp³-hybridized carbons (Fsp3) is 0.182. The standard InChI is InChI=1S/C22H20N6/c1-2-18(17-11-7-4-8-12-17)20-25-22-19-13-24-27(14-16-9-5-3-6-10-16)21(19)23-15-28(22)26-20/h3-13,15,18H,2,14H2,1H3/t18-/m0/s1. The molecule has 0 aliphatic carbocycles. The lowest BCUT2D eigenvalue weighted by molar-refractivity contribution is 0.699. The summed E-state index contributed by atoms with van der Waals surface area (Å²) in [7, 11) is 0. The molecule has 0 aliphatic rings.